The zero-order valence-corrected chi connectivity index (χ0v) is 12.1. The third-order valence-electron chi connectivity index (χ3n) is 3.24. The zero-order chi connectivity index (χ0) is 14.2. The molecule has 2 atom stereocenters. The maximum atomic E-state index is 11.1. The molecule has 102 valence electrons. The molecule has 1 amide bonds. The van der Waals surface area contributed by atoms with Crippen LogP contribution in [0.15, 0.2) is 18.2 Å². The second-order valence-corrected chi connectivity index (χ2v) is 5.57. The number of alkyl halides is 1. The molecule has 0 aliphatic carbocycles. The van der Waals surface area contributed by atoms with Gasteiger partial charge < -0.3 is 10.3 Å². The minimum atomic E-state index is -0.324. The minimum absolute atomic E-state index is 0.0551. The van der Waals surface area contributed by atoms with Crippen molar-refractivity contribution >= 4 is 28.5 Å². The van der Waals surface area contributed by atoms with Gasteiger partial charge in [-0.2, -0.15) is 0 Å². The summed E-state index contributed by atoms with van der Waals surface area (Å²) in [4.78, 5) is 15.8. The van der Waals surface area contributed by atoms with Gasteiger partial charge in [0, 0.05) is 12.5 Å². The van der Waals surface area contributed by atoms with E-state index in [1.165, 1.54) is 0 Å². The van der Waals surface area contributed by atoms with E-state index in [-0.39, 0.29) is 23.7 Å². The molecule has 19 heavy (non-hydrogen) atoms. The lowest BCUT2D eigenvalue weighted by Gasteiger charge is -2.17. The molecule has 0 fully saturated rings. The third-order valence-corrected chi connectivity index (χ3v) is 3.44. The van der Waals surface area contributed by atoms with E-state index in [4.69, 9.17) is 17.3 Å². The van der Waals surface area contributed by atoms with Crippen LogP contribution in [-0.2, 0) is 4.79 Å². The van der Waals surface area contributed by atoms with Crippen molar-refractivity contribution in [3.8, 4) is 0 Å². The maximum absolute atomic E-state index is 11.1. The zero-order valence-electron chi connectivity index (χ0n) is 11.4. The monoisotopic (exact) mass is 279 g/mol. The molecule has 2 N–H and O–H groups in total. The molecule has 0 aliphatic rings. The molecule has 2 unspecified atom stereocenters. The number of hydrogen-bond donors (Lipinski definition) is 1. The molecule has 0 aliphatic heterocycles. The highest BCUT2D eigenvalue weighted by Gasteiger charge is 2.20. The summed E-state index contributed by atoms with van der Waals surface area (Å²) in [5.74, 6) is 0.454. The summed E-state index contributed by atoms with van der Waals surface area (Å²) < 4.78 is 2.02. The molecular weight excluding hydrogens is 262 g/mol. The Morgan fingerprint density at radius 1 is 1.47 bits per heavy atom. The van der Waals surface area contributed by atoms with Crippen molar-refractivity contribution in [2.75, 3.05) is 0 Å². The number of nitrogens with two attached hydrogens (primary N) is 1. The highest BCUT2D eigenvalue weighted by molar-refractivity contribution is 6.20. The number of imidazole rings is 1. The van der Waals surface area contributed by atoms with Gasteiger partial charge in [-0.25, -0.2) is 4.98 Å². The number of primary amides is 1. The predicted octanol–water partition coefficient (Wildman–Crippen LogP) is 3.08. The van der Waals surface area contributed by atoms with Gasteiger partial charge in [0.05, 0.1) is 16.4 Å². The van der Waals surface area contributed by atoms with Crippen molar-refractivity contribution in [3.05, 3.63) is 29.6 Å². The standard InChI is InChI=1S/C14H18ClN3O/c1-8-5-4-6-11-13(8)17-14(10(3)15)18(11)9(2)7-12(16)19/h4-6,9-10H,7H2,1-3H3,(H2,16,19). The van der Waals surface area contributed by atoms with Gasteiger partial charge in [-0.05, 0) is 32.4 Å². The summed E-state index contributed by atoms with van der Waals surface area (Å²) in [7, 11) is 0. The van der Waals surface area contributed by atoms with Crippen molar-refractivity contribution in [2.45, 2.75) is 38.6 Å². The minimum Gasteiger partial charge on any atom is -0.370 e. The number of amides is 1. The maximum Gasteiger partial charge on any atom is 0.219 e. The summed E-state index contributed by atoms with van der Waals surface area (Å²) >= 11 is 6.21. The topological polar surface area (TPSA) is 60.9 Å². The van der Waals surface area contributed by atoms with Gasteiger partial charge in [-0.3, -0.25) is 4.79 Å². The highest BCUT2D eigenvalue weighted by Crippen LogP contribution is 2.30. The molecule has 1 heterocycles. The Kier molecular flexibility index (Phi) is 3.80. The van der Waals surface area contributed by atoms with Crippen molar-refractivity contribution in [1.82, 2.24) is 9.55 Å². The molecule has 0 radical (unpaired) electrons. The number of benzene rings is 1. The van der Waals surface area contributed by atoms with Crippen LogP contribution in [0.3, 0.4) is 0 Å². The number of carbonyl (C=O) groups is 1. The van der Waals surface area contributed by atoms with Crippen LogP contribution in [-0.4, -0.2) is 15.5 Å². The van der Waals surface area contributed by atoms with E-state index in [0.717, 1.165) is 22.4 Å². The summed E-state index contributed by atoms with van der Waals surface area (Å²) in [6.45, 7) is 5.85. The molecule has 5 heteroatoms. The summed E-state index contributed by atoms with van der Waals surface area (Å²) in [5, 5.41) is -0.220. The third kappa shape index (κ3) is 2.59. The lowest BCUT2D eigenvalue weighted by Crippen LogP contribution is -2.19. The SMILES string of the molecule is Cc1cccc2c1nc(C(C)Cl)n2C(C)CC(N)=O. The van der Waals surface area contributed by atoms with Crippen LogP contribution in [0.2, 0.25) is 0 Å². The van der Waals surface area contributed by atoms with E-state index in [9.17, 15) is 4.79 Å². The highest BCUT2D eigenvalue weighted by atomic mass is 35.5. The fourth-order valence-corrected chi connectivity index (χ4v) is 2.56. The number of nitrogens with zero attached hydrogens (tertiary/aromatic N) is 2. The van der Waals surface area contributed by atoms with Crippen molar-refractivity contribution in [2.24, 2.45) is 5.73 Å². The van der Waals surface area contributed by atoms with Crippen molar-refractivity contribution in [1.29, 1.82) is 0 Å². The number of fused-ring (bicyclic) bond motifs is 1. The van der Waals surface area contributed by atoms with Crippen LogP contribution in [0.25, 0.3) is 11.0 Å². The van der Waals surface area contributed by atoms with E-state index in [0.29, 0.717) is 0 Å². The Balaban J connectivity index is 2.65. The molecule has 1 aromatic carbocycles. The largest absolute Gasteiger partial charge is 0.370 e. The average Bonchev–Trinajstić information content (AvgIpc) is 2.69. The van der Waals surface area contributed by atoms with Crippen molar-refractivity contribution < 1.29 is 4.79 Å². The molecule has 4 nitrogen and oxygen atoms in total. The Morgan fingerprint density at radius 3 is 2.74 bits per heavy atom. The van der Waals surface area contributed by atoms with Gasteiger partial charge >= 0.3 is 0 Å². The Hall–Kier alpha value is -1.55. The van der Waals surface area contributed by atoms with E-state index < -0.39 is 0 Å². The van der Waals surface area contributed by atoms with Crippen LogP contribution in [0.1, 0.15) is 43.1 Å². The number of hydrogen-bond acceptors (Lipinski definition) is 2. The number of aromatic nitrogens is 2. The number of para-hydroxylation sites is 1. The first-order valence-corrected chi connectivity index (χ1v) is 6.75. The smallest absolute Gasteiger partial charge is 0.219 e. The second kappa shape index (κ2) is 5.21. The molecule has 2 rings (SSSR count). The molecule has 0 spiro atoms. The lowest BCUT2D eigenvalue weighted by molar-refractivity contribution is -0.118. The molecule has 0 bridgehead atoms. The van der Waals surface area contributed by atoms with Crippen LogP contribution in [0.4, 0.5) is 0 Å². The quantitative estimate of drug-likeness (QED) is 0.874. The van der Waals surface area contributed by atoms with Crippen LogP contribution >= 0.6 is 11.6 Å². The van der Waals surface area contributed by atoms with E-state index in [1.807, 2.05) is 43.5 Å². The Labute approximate surface area is 117 Å². The van der Waals surface area contributed by atoms with Gasteiger partial charge in [0.2, 0.25) is 5.91 Å². The second-order valence-electron chi connectivity index (χ2n) is 4.92. The fraction of sp³-hybridized carbons (Fsp3) is 0.429. The van der Waals surface area contributed by atoms with Gasteiger partial charge in [-0.15, -0.1) is 11.6 Å². The van der Waals surface area contributed by atoms with E-state index >= 15 is 0 Å². The molecule has 0 saturated carbocycles. The number of carbonyl (C=O) groups excluding carboxylic acids is 1. The van der Waals surface area contributed by atoms with E-state index in [2.05, 4.69) is 4.98 Å². The lowest BCUT2D eigenvalue weighted by atomic mass is 10.2. The summed E-state index contributed by atoms with van der Waals surface area (Å²) in [6.07, 6.45) is 0.274. The Bertz CT molecular complexity index is 618. The Morgan fingerprint density at radius 2 is 2.16 bits per heavy atom. The van der Waals surface area contributed by atoms with Gasteiger partial charge in [-0.1, -0.05) is 12.1 Å². The summed E-state index contributed by atoms with van der Waals surface area (Å²) in [5.41, 5.74) is 8.32. The first-order chi connectivity index (χ1) is 8.91. The average molecular weight is 280 g/mol. The van der Waals surface area contributed by atoms with Crippen LogP contribution in [0.5, 0.6) is 0 Å². The van der Waals surface area contributed by atoms with Gasteiger partial charge in [0.25, 0.3) is 0 Å². The molecular formula is C14H18ClN3O. The number of rotatable bonds is 4. The van der Waals surface area contributed by atoms with Crippen LogP contribution in [0, 0.1) is 6.92 Å². The number of halogens is 1. The molecule has 1 aromatic heterocycles. The van der Waals surface area contributed by atoms with Gasteiger partial charge in [0.15, 0.2) is 0 Å². The first kappa shape index (κ1) is 13.9. The van der Waals surface area contributed by atoms with E-state index in [1.54, 1.807) is 0 Å². The normalized spacial score (nSPS) is 14.5. The van der Waals surface area contributed by atoms with Gasteiger partial charge in [0.1, 0.15) is 5.82 Å². The first-order valence-electron chi connectivity index (χ1n) is 6.31. The predicted molar refractivity (Wildman–Crippen MR) is 77.3 cm³/mol. The molecule has 0 saturated heterocycles. The summed E-state index contributed by atoms with van der Waals surface area (Å²) in [6, 6.07) is 5.94. The number of aryl methyl sites for hydroxylation is 1. The van der Waals surface area contributed by atoms with Crippen molar-refractivity contribution in [3.63, 3.8) is 0 Å². The molecule has 2 aromatic rings. The fourth-order valence-electron chi connectivity index (χ4n) is 2.40. The van der Waals surface area contributed by atoms with Crippen LogP contribution < -0.4 is 5.73 Å².